The van der Waals surface area contributed by atoms with Crippen molar-refractivity contribution in [2.45, 2.75) is 97.6 Å². The predicted octanol–water partition coefficient (Wildman–Crippen LogP) is 6.41. The molecule has 0 atom stereocenters. The van der Waals surface area contributed by atoms with Gasteiger partial charge >= 0.3 is 12.2 Å². The van der Waals surface area contributed by atoms with Crippen LogP contribution in [-0.2, 0) is 16.1 Å². The summed E-state index contributed by atoms with van der Waals surface area (Å²) in [5.41, 5.74) is 6.78. The van der Waals surface area contributed by atoms with Gasteiger partial charge in [0.2, 0.25) is 0 Å². The van der Waals surface area contributed by atoms with E-state index >= 15 is 0 Å². The highest BCUT2D eigenvalue weighted by atomic mass is 16.8. The van der Waals surface area contributed by atoms with E-state index in [0.29, 0.717) is 19.5 Å². The Morgan fingerprint density at radius 2 is 1.59 bits per heavy atom. The van der Waals surface area contributed by atoms with Crippen molar-refractivity contribution in [1.29, 1.82) is 0 Å². The number of oxime groups is 1. The first-order valence-corrected chi connectivity index (χ1v) is 11.8. The standard InChI is InChI=1S/C25H41N3O4/c1-5-6-7-8-9-13-17-22(18-14-19-26)27-32-24(30)31-23(29)28(25(2,3)4)20-21-15-11-10-12-16-21/h10-12,15-16H,5-9,13-14,17-20,26H2,1-4H3. The number of carbonyl (C=O) groups excluding carboxylic acids is 2. The number of hydrogen-bond donors (Lipinski definition) is 1. The van der Waals surface area contributed by atoms with Gasteiger partial charge in [-0.15, -0.1) is 0 Å². The largest absolute Gasteiger partial charge is 0.544 e. The fraction of sp³-hybridized carbons (Fsp3) is 0.640. The molecule has 7 heteroatoms. The highest BCUT2D eigenvalue weighted by Crippen LogP contribution is 2.19. The molecule has 180 valence electrons. The first-order valence-electron chi connectivity index (χ1n) is 11.8. The van der Waals surface area contributed by atoms with Crippen molar-refractivity contribution >= 4 is 18.0 Å². The molecule has 0 unspecified atom stereocenters. The van der Waals surface area contributed by atoms with Crippen molar-refractivity contribution in [3.63, 3.8) is 0 Å². The average Bonchev–Trinajstić information content (AvgIpc) is 2.75. The molecule has 1 amide bonds. The predicted molar refractivity (Wildman–Crippen MR) is 128 cm³/mol. The van der Waals surface area contributed by atoms with Crippen LogP contribution >= 0.6 is 0 Å². The lowest BCUT2D eigenvalue weighted by molar-refractivity contribution is 0.0439. The number of nitrogens with zero attached hydrogens (tertiary/aromatic N) is 2. The fourth-order valence-corrected chi connectivity index (χ4v) is 3.22. The van der Waals surface area contributed by atoms with Crippen LogP contribution in [-0.4, -0.2) is 34.9 Å². The highest BCUT2D eigenvalue weighted by Gasteiger charge is 2.30. The topological polar surface area (TPSA) is 94.2 Å². The SMILES string of the molecule is CCCCCCCCC(CCCN)=NOC(=O)OC(=O)N(Cc1ccccc1)C(C)(C)C. The smallest absolute Gasteiger partial charge is 0.342 e. The van der Waals surface area contributed by atoms with Crippen LogP contribution in [0.2, 0.25) is 0 Å². The lowest BCUT2D eigenvalue weighted by Crippen LogP contribution is -2.45. The lowest BCUT2D eigenvalue weighted by Gasteiger charge is -2.34. The zero-order valence-corrected chi connectivity index (χ0v) is 20.3. The van der Waals surface area contributed by atoms with E-state index in [0.717, 1.165) is 37.0 Å². The Labute approximate surface area is 193 Å². The maximum atomic E-state index is 12.7. The Morgan fingerprint density at radius 3 is 2.22 bits per heavy atom. The number of nitrogens with two attached hydrogens (primary N) is 1. The van der Waals surface area contributed by atoms with Crippen LogP contribution in [0.4, 0.5) is 9.59 Å². The Balaban J connectivity index is 2.63. The van der Waals surface area contributed by atoms with Crippen molar-refractivity contribution in [1.82, 2.24) is 4.90 Å². The molecule has 1 aromatic rings. The van der Waals surface area contributed by atoms with Gasteiger partial charge in [-0.05, 0) is 58.6 Å². The van der Waals surface area contributed by atoms with Crippen LogP contribution in [0.5, 0.6) is 0 Å². The summed E-state index contributed by atoms with van der Waals surface area (Å²) in [5.74, 6) is 0. The Kier molecular flexibility index (Phi) is 13.3. The summed E-state index contributed by atoms with van der Waals surface area (Å²) in [5, 5.41) is 3.97. The van der Waals surface area contributed by atoms with E-state index in [9.17, 15) is 9.59 Å². The fourth-order valence-electron chi connectivity index (χ4n) is 3.22. The Morgan fingerprint density at radius 1 is 0.969 bits per heavy atom. The third kappa shape index (κ3) is 11.8. The van der Waals surface area contributed by atoms with Gasteiger partial charge in [0, 0.05) is 12.1 Å². The molecule has 2 N–H and O–H groups in total. The molecule has 0 aliphatic heterocycles. The molecule has 1 aromatic carbocycles. The number of carbonyl (C=O) groups is 2. The number of amides is 1. The first kappa shape index (κ1) is 27.6. The van der Waals surface area contributed by atoms with Gasteiger partial charge in [-0.25, -0.2) is 9.59 Å². The minimum atomic E-state index is -1.12. The highest BCUT2D eigenvalue weighted by molar-refractivity contribution is 5.85. The summed E-state index contributed by atoms with van der Waals surface area (Å²) in [7, 11) is 0. The van der Waals surface area contributed by atoms with E-state index < -0.39 is 17.8 Å². The maximum Gasteiger partial charge on any atom is 0.544 e. The molecule has 0 bridgehead atoms. The van der Waals surface area contributed by atoms with Gasteiger partial charge in [0.1, 0.15) is 0 Å². The number of benzene rings is 1. The number of unbranched alkanes of at least 4 members (excludes halogenated alkanes) is 5. The molecule has 0 saturated heterocycles. The van der Waals surface area contributed by atoms with Gasteiger partial charge in [-0.2, -0.15) is 0 Å². The second-order valence-electron chi connectivity index (χ2n) is 9.02. The third-order valence-electron chi connectivity index (χ3n) is 5.12. The lowest BCUT2D eigenvalue weighted by atomic mass is 10.1. The molecule has 0 aliphatic rings. The van der Waals surface area contributed by atoms with Gasteiger partial charge in [0.25, 0.3) is 0 Å². The molecule has 0 spiro atoms. The molecular formula is C25H41N3O4. The zero-order chi connectivity index (χ0) is 23.8. The minimum absolute atomic E-state index is 0.319. The van der Waals surface area contributed by atoms with E-state index in [2.05, 4.69) is 12.1 Å². The van der Waals surface area contributed by atoms with E-state index in [-0.39, 0.29) is 0 Å². The summed E-state index contributed by atoms with van der Waals surface area (Å²) >= 11 is 0. The van der Waals surface area contributed by atoms with Crippen LogP contribution in [0, 0.1) is 0 Å². The molecule has 32 heavy (non-hydrogen) atoms. The zero-order valence-electron chi connectivity index (χ0n) is 20.3. The Hall–Kier alpha value is -2.41. The maximum absolute atomic E-state index is 12.7. The second-order valence-corrected chi connectivity index (χ2v) is 9.02. The van der Waals surface area contributed by atoms with E-state index in [1.165, 1.54) is 30.6 Å². The number of hydrogen-bond acceptors (Lipinski definition) is 6. The molecule has 0 heterocycles. The van der Waals surface area contributed by atoms with Gasteiger partial charge in [0.15, 0.2) is 0 Å². The normalized spacial score (nSPS) is 11.8. The van der Waals surface area contributed by atoms with Crippen LogP contribution in [0.3, 0.4) is 0 Å². The average molecular weight is 448 g/mol. The van der Waals surface area contributed by atoms with Crippen LogP contribution in [0.25, 0.3) is 0 Å². The van der Waals surface area contributed by atoms with Crippen LogP contribution in [0.1, 0.15) is 91.0 Å². The monoisotopic (exact) mass is 447 g/mol. The molecule has 0 saturated carbocycles. The molecule has 7 nitrogen and oxygen atoms in total. The van der Waals surface area contributed by atoms with Crippen molar-refractivity contribution in [3.8, 4) is 0 Å². The second kappa shape index (κ2) is 15.4. The van der Waals surface area contributed by atoms with E-state index in [4.69, 9.17) is 15.3 Å². The first-order chi connectivity index (χ1) is 15.3. The molecule has 0 aliphatic carbocycles. The molecular weight excluding hydrogens is 406 g/mol. The molecule has 0 radical (unpaired) electrons. The molecule has 0 aromatic heterocycles. The van der Waals surface area contributed by atoms with Gasteiger partial charge in [-0.1, -0.05) is 74.5 Å². The van der Waals surface area contributed by atoms with E-state index in [1.807, 2.05) is 51.1 Å². The number of rotatable bonds is 13. The van der Waals surface area contributed by atoms with Crippen molar-refractivity contribution in [2.24, 2.45) is 10.9 Å². The quantitative estimate of drug-likeness (QED) is 0.0942. The summed E-state index contributed by atoms with van der Waals surface area (Å²) < 4.78 is 4.93. The summed E-state index contributed by atoms with van der Waals surface area (Å²) in [6, 6.07) is 9.54. The number of ether oxygens (including phenoxy) is 1. The van der Waals surface area contributed by atoms with Crippen LogP contribution in [0.15, 0.2) is 35.5 Å². The van der Waals surface area contributed by atoms with Gasteiger partial charge < -0.3 is 10.5 Å². The van der Waals surface area contributed by atoms with Crippen molar-refractivity contribution < 1.29 is 19.2 Å². The Bertz CT molecular complexity index is 699. The van der Waals surface area contributed by atoms with Gasteiger partial charge in [0.05, 0.1) is 5.71 Å². The van der Waals surface area contributed by atoms with Crippen molar-refractivity contribution in [2.75, 3.05) is 6.54 Å². The summed E-state index contributed by atoms with van der Waals surface area (Å²) in [6.07, 6.45) is 7.30. The third-order valence-corrected chi connectivity index (χ3v) is 5.12. The van der Waals surface area contributed by atoms with Crippen molar-refractivity contribution in [3.05, 3.63) is 35.9 Å². The van der Waals surface area contributed by atoms with Crippen LogP contribution < -0.4 is 5.73 Å². The molecule has 1 rings (SSSR count). The summed E-state index contributed by atoms with van der Waals surface area (Å²) in [6.45, 7) is 8.70. The summed E-state index contributed by atoms with van der Waals surface area (Å²) in [4.78, 5) is 31.2. The van der Waals surface area contributed by atoms with E-state index in [1.54, 1.807) is 0 Å². The molecule has 0 fully saturated rings. The van der Waals surface area contributed by atoms with Gasteiger partial charge in [-0.3, -0.25) is 9.74 Å². The minimum Gasteiger partial charge on any atom is -0.342 e.